The van der Waals surface area contributed by atoms with Crippen molar-refractivity contribution in [2.24, 2.45) is 0 Å². The van der Waals surface area contributed by atoms with Crippen LogP contribution >= 0.6 is 0 Å². The van der Waals surface area contributed by atoms with E-state index in [-0.39, 0.29) is 11.1 Å². The lowest BCUT2D eigenvalue weighted by Crippen LogP contribution is -1.96. The molecule has 324 valence electrons. The fraction of sp³-hybridized carbons (Fsp3) is 0.103. The van der Waals surface area contributed by atoms with Gasteiger partial charge in [0.25, 0.3) is 0 Å². The molecule has 0 fully saturated rings. The number of pyridine rings is 2. The van der Waals surface area contributed by atoms with Crippen molar-refractivity contribution < 1.29 is 19.8 Å². The van der Waals surface area contributed by atoms with Crippen LogP contribution in [-0.2, 0) is 0 Å². The van der Waals surface area contributed by atoms with Crippen LogP contribution in [0.4, 0.5) is 0 Å². The number of fused-ring (bicyclic) bond motifs is 2. The molecule has 8 nitrogen and oxygen atoms in total. The third kappa shape index (κ3) is 8.77. The van der Waals surface area contributed by atoms with E-state index in [0.29, 0.717) is 11.8 Å². The normalized spacial score (nSPS) is 11.2. The molecular weight excluding hydrogens is 817 g/mol. The smallest absolute Gasteiger partial charge is 0.335 e. The van der Waals surface area contributed by atoms with Crippen LogP contribution in [0.5, 0.6) is 0 Å². The first kappa shape index (κ1) is 42.9. The van der Waals surface area contributed by atoms with E-state index >= 15 is 0 Å². The number of carboxylic acid groups (broad SMARTS) is 2. The Hall–Kier alpha value is -8.36. The van der Waals surface area contributed by atoms with Gasteiger partial charge in [0.1, 0.15) is 0 Å². The second-order valence-electron chi connectivity index (χ2n) is 17.0. The van der Waals surface area contributed by atoms with Crippen LogP contribution in [0.2, 0.25) is 0 Å². The number of hydrogen-bond acceptors (Lipinski definition) is 4. The fourth-order valence-corrected chi connectivity index (χ4v) is 8.47. The van der Waals surface area contributed by atoms with Gasteiger partial charge in [0.15, 0.2) is 0 Å². The molecule has 8 heteroatoms. The van der Waals surface area contributed by atoms with Gasteiger partial charge in [-0.05, 0) is 117 Å². The zero-order valence-electron chi connectivity index (χ0n) is 37.1. The van der Waals surface area contributed by atoms with Gasteiger partial charge in [-0.25, -0.2) is 19.6 Å². The first-order chi connectivity index (χ1) is 32.0. The largest absolute Gasteiger partial charge is 0.478 e. The van der Waals surface area contributed by atoms with Gasteiger partial charge in [0, 0.05) is 22.2 Å². The van der Waals surface area contributed by atoms with Crippen LogP contribution in [-0.4, -0.2) is 42.1 Å². The number of rotatable bonds is 10. The average Bonchev–Trinajstić information content (AvgIpc) is 4.06. The summed E-state index contributed by atoms with van der Waals surface area (Å²) in [7, 11) is 0. The van der Waals surface area contributed by atoms with Gasteiger partial charge in [-0.15, -0.1) is 0 Å². The molecule has 0 saturated carbocycles. The molecule has 66 heavy (non-hydrogen) atoms. The number of nitrogens with one attached hydrogen (secondary N) is 2. The minimum Gasteiger partial charge on any atom is -0.478 e. The van der Waals surface area contributed by atoms with E-state index in [1.165, 1.54) is 11.1 Å². The predicted octanol–water partition coefficient (Wildman–Crippen LogP) is 14.8. The molecule has 0 aliphatic heterocycles. The van der Waals surface area contributed by atoms with Crippen molar-refractivity contribution in [3.8, 4) is 67.5 Å². The summed E-state index contributed by atoms with van der Waals surface area (Å²) < 4.78 is 0. The third-order valence-corrected chi connectivity index (χ3v) is 12.0. The number of para-hydroxylation sites is 2. The van der Waals surface area contributed by atoms with Crippen molar-refractivity contribution in [2.45, 2.75) is 39.5 Å². The maximum absolute atomic E-state index is 11.2. The highest BCUT2D eigenvalue weighted by Gasteiger charge is 2.17. The molecule has 0 bridgehead atoms. The second-order valence-corrected chi connectivity index (χ2v) is 17.0. The molecule has 4 heterocycles. The van der Waals surface area contributed by atoms with Crippen LogP contribution in [0.3, 0.4) is 0 Å². The van der Waals surface area contributed by atoms with E-state index in [0.717, 1.165) is 89.4 Å². The van der Waals surface area contributed by atoms with E-state index < -0.39 is 11.9 Å². The Morgan fingerprint density at radius 3 is 1.12 bits per heavy atom. The first-order valence-electron chi connectivity index (χ1n) is 22.1. The maximum atomic E-state index is 11.2. The molecule has 0 atom stereocenters. The fourth-order valence-electron chi connectivity index (χ4n) is 8.47. The monoisotopic (exact) mass is 864 g/mol. The Morgan fingerprint density at radius 2 is 0.773 bits per heavy atom. The molecule has 0 saturated heterocycles. The van der Waals surface area contributed by atoms with Gasteiger partial charge in [0.2, 0.25) is 0 Å². The lowest BCUT2D eigenvalue weighted by molar-refractivity contribution is 0.0686. The molecular formula is C58H48N4O4. The highest BCUT2D eigenvalue weighted by molar-refractivity contribution is 6.00. The minimum atomic E-state index is -0.927. The second kappa shape index (κ2) is 18.4. The summed E-state index contributed by atoms with van der Waals surface area (Å²) in [4.78, 5) is 39.4. The molecule has 0 aliphatic carbocycles. The number of hydrogen-bond donors (Lipinski definition) is 4. The first-order valence-corrected chi connectivity index (χ1v) is 22.1. The van der Waals surface area contributed by atoms with Gasteiger partial charge >= 0.3 is 11.9 Å². The zero-order chi connectivity index (χ0) is 45.9. The van der Waals surface area contributed by atoms with Gasteiger partial charge in [0.05, 0.1) is 44.9 Å². The summed E-state index contributed by atoms with van der Waals surface area (Å²) in [6, 6.07) is 59.7. The standard InChI is InChI=1S/2C29H24N2O2/c2*1-18(2)22-9-6-10-23-24(19-7-4-3-5-8-19)17-27(31-28(22)23)26-16-15-25(30-26)20-11-13-21(14-12-20)29(32)33/h2*3-18,30H,1-2H3,(H,32,33). The minimum absolute atomic E-state index is 0.274. The number of carboxylic acids is 2. The molecule has 0 aliphatic rings. The lowest BCUT2D eigenvalue weighted by Gasteiger charge is -2.14. The summed E-state index contributed by atoms with van der Waals surface area (Å²) in [6.45, 7) is 8.77. The van der Waals surface area contributed by atoms with Crippen molar-refractivity contribution in [3.05, 3.63) is 204 Å². The highest BCUT2D eigenvalue weighted by Crippen LogP contribution is 2.38. The Balaban J connectivity index is 0.000000166. The highest BCUT2D eigenvalue weighted by atomic mass is 16.4. The van der Waals surface area contributed by atoms with Gasteiger partial charge < -0.3 is 20.2 Å². The number of aromatic amines is 2. The van der Waals surface area contributed by atoms with Crippen molar-refractivity contribution in [3.63, 3.8) is 0 Å². The summed E-state index contributed by atoms with van der Waals surface area (Å²) in [6.07, 6.45) is 0. The van der Waals surface area contributed by atoms with Crippen LogP contribution in [0.25, 0.3) is 89.4 Å². The van der Waals surface area contributed by atoms with Crippen LogP contribution < -0.4 is 0 Å². The topological polar surface area (TPSA) is 132 Å². The molecule has 0 amide bonds. The van der Waals surface area contributed by atoms with Gasteiger partial charge in [-0.2, -0.15) is 0 Å². The predicted molar refractivity (Wildman–Crippen MR) is 267 cm³/mol. The molecule has 10 rings (SSSR count). The Bertz CT molecular complexity index is 3120. The Labute approximate surface area is 383 Å². The number of H-pyrrole nitrogens is 2. The summed E-state index contributed by atoms with van der Waals surface area (Å²) >= 11 is 0. The van der Waals surface area contributed by atoms with E-state index in [4.69, 9.17) is 20.2 Å². The molecule has 4 N–H and O–H groups in total. The maximum Gasteiger partial charge on any atom is 0.335 e. The van der Waals surface area contributed by atoms with Crippen molar-refractivity contribution in [2.75, 3.05) is 0 Å². The molecule has 4 aromatic heterocycles. The summed E-state index contributed by atoms with van der Waals surface area (Å²) in [5.41, 5.74) is 16.9. The van der Waals surface area contributed by atoms with Gasteiger partial charge in [-0.1, -0.05) is 149 Å². The Morgan fingerprint density at radius 1 is 0.409 bits per heavy atom. The van der Waals surface area contributed by atoms with Crippen LogP contribution in [0.15, 0.2) is 182 Å². The van der Waals surface area contributed by atoms with E-state index in [9.17, 15) is 9.59 Å². The van der Waals surface area contributed by atoms with Crippen molar-refractivity contribution in [1.82, 2.24) is 19.9 Å². The Kier molecular flexibility index (Phi) is 12.0. The molecule has 0 radical (unpaired) electrons. The zero-order valence-corrected chi connectivity index (χ0v) is 37.1. The summed E-state index contributed by atoms with van der Waals surface area (Å²) in [5.74, 6) is -1.15. The third-order valence-electron chi connectivity index (χ3n) is 12.0. The van der Waals surface area contributed by atoms with Crippen molar-refractivity contribution in [1.29, 1.82) is 0 Å². The van der Waals surface area contributed by atoms with Crippen LogP contribution in [0, 0.1) is 0 Å². The van der Waals surface area contributed by atoms with E-state index in [1.807, 2.05) is 60.7 Å². The number of benzene rings is 6. The summed E-state index contributed by atoms with van der Waals surface area (Å²) in [5, 5.41) is 20.6. The molecule has 0 unspecified atom stereocenters. The molecule has 6 aromatic carbocycles. The lowest BCUT2D eigenvalue weighted by atomic mass is 9.94. The number of nitrogens with zero attached hydrogens (tertiary/aromatic N) is 2. The molecule has 0 spiro atoms. The molecule has 10 aromatic rings. The van der Waals surface area contributed by atoms with E-state index in [1.54, 1.807) is 24.3 Å². The van der Waals surface area contributed by atoms with E-state index in [2.05, 4.69) is 135 Å². The van der Waals surface area contributed by atoms with Crippen molar-refractivity contribution >= 4 is 33.7 Å². The average molecular weight is 865 g/mol. The quantitative estimate of drug-likeness (QED) is 0.108. The van der Waals surface area contributed by atoms with Crippen LogP contribution in [0.1, 0.15) is 71.4 Å². The van der Waals surface area contributed by atoms with Gasteiger partial charge in [-0.3, -0.25) is 0 Å². The number of aromatic carboxylic acids is 2. The number of aromatic nitrogens is 4. The number of carbonyl (C=O) groups is 2. The SMILES string of the molecule is CC(C)c1cccc2c(-c3ccccc3)cc(-c3ccc(-c4ccc(C(=O)O)cc4)[nH]3)nc12.CC(C)c1cccc2c(-c3ccccc3)cc(-c3ccc(-c4ccc(C(=O)O)cc4)[nH]3)nc12.